The molecule has 0 N–H and O–H groups in total. The van der Waals surface area contributed by atoms with Gasteiger partial charge in [-0.1, -0.05) is 13.8 Å². The Bertz CT molecular complexity index is 131. The first-order chi connectivity index (χ1) is 4.67. The van der Waals surface area contributed by atoms with Gasteiger partial charge in [0.15, 0.2) is 0 Å². The molecular formula is C8H14OS. The minimum Gasteiger partial charge on any atom is -0.303 e. The van der Waals surface area contributed by atoms with Crippen LogP contribution in [0.3, 0.4) is 0 Å². The zero-order valence-corrected chi connectivity index (χ0v) is 7.41. The van der Waals surface area contributed by atoms with Crippen LogP contribution in [0.4, 0.5) is 0 Å². The van der Waals surface area contributed by atoms with Crippen LogP contribution in [-0.4, -0.2) is 16.8 Å². The Kier molecular flexibility index (Phi) is 2.40. The lowest BCUT2D eigenvalue weighted by molar-refractivity contribution is -0.108. The lowest BCUT2D eigenvalue weighted by Gasteiger charge is -2.23. The summed E-state index contributed by atoms with van der Waals surface area (Å²) in [5.74, 6) is 1.85. The second kappa shape index (κ2) is 2.95. The summed E-state index contributed by atoms with van der Waals surface area (Å²) in [6, 6.07) is 0. The molecule has 0 amide bonds. The Morgan fingerprint density at radius 3 is 2.80 bits per heavy atom. The highest BCUT2D eigenvalue weighted by Crippen LogP contribution is 2.43. The van der Waals surface area contributed by atoms with E-state index in [1.807, 2.05) is 11.8 Å². The van der Waals surface area contributed by atoms with E-state index in [-0.39, 0.29) is 0 Å². The van der Waals surface area contributed by atoms with Crippen LogP contribution in [0.2, 0.25) is 0 Å². The zero-order valence-electron chi connectivity index (χ0n) is 6.59. The first-order valence-electron chi connectivity index (χ1n) is 3.74. The van der Waals surface area contributed by atoms with E-state index in [4.69, 9.17) is 0 Å². The lowest BCUT2D eigenvalue weighted by atomic mass is 9.90. The van der Waals surface area contributed by atoms with Crippen LogP contribution in [0.15, 0.2) is 0 Å². The summed E-state index contributed by atoms with van der Waals surface area (Å²) in [6.07, 6.45) is 3.02. The second-order valence-electron chi connectivity index (χ2n) is 3.34. The minimum atomic E-state index is 0.348. The van der Waals surface area contributed by atoms with Crippen molar-refractivity contribution in [2.24, 2.45) is 5.92 Å². The van der Waals surface area contributed by atoms with Crippen LogP contribution in [0, 0.1) is 5.92 Å². The maximum absolute atomic E-state index is 10.2. The van der Waals surface area contributed by atoms with Crippen molar-refractivity contribution in [2.75, 3.05) is 5.75 Å². The van der Waals surface area contributed by atoms with Gasteiger partial charge in [0, 0.05) is 11.2 Å². The summed E-state index contributed by atoms with van der Waals surface area (Å²) in [6.45, 7) is 4.47. The molecule has 10 heavy (non-hydrogen) atoms. The van der Waals surface area contributed by atoms with E-state index in [2.05, 4.69) is 13.8 Å². The molecule has 1 atom stereocenters. The van der Waals surface area contributed by atoms with E-state index in [1.54, 1.807) is 0 Å². The predicted molar refractivity (Wildman–Crippen MR) is 45.3 cm³/mol. The van der Waals surface area contributed by atoms with Crippen LogP contribution >= 0.6 is 11.8 Å². The summed E-state index contributed by atoms with van der Waals surface area (Å²) in [5.41, 5.74) is 0. The molecule has 1 fully saturated rings. The Hall–Kier alpha value is 0.0200. The van der Waals surface area contributed by atoms with Crippen LogP contribution in [0.25, 0.3) is 0 Å². The van der Waals surface area contributed by atoms with Crippen molar-refractivity contribution in [2.45, 2.75) is 31.4 Å². The topological polar surface area (TPSA) is 17.1 Å². The SMILES string of the molecule is CC1(C)SCCC1CC=O. The first-order valence-corrected chi connectivity index (χ1v) is 4.73. The van der Waals surface area contributed by atoms with Gasteiger partial charge in [0.05, 0.1) is 0 Å². The number of aldehydes is 1. The standard InChI is InChI=1S/C8H14OS/c1-8(2)7(3-5-9)4-6-10-8/h5,7H,3-4,6H2,1-2H3. The molecule has 1 unspecified atom stereocenters. The first kappa shape index (κ1) is 8.12. The molecule has 0 aromatic carbocycles. The third-order valence-electron chi connectivity index (χ3n) is 2.30. The fourth-order valence-corrected chi connectivity index (χ4v) is 2.83. The highest BCUT2D eigenvalue weighted by atomic mass is 32.2. The normalized spacial score (nSPS) is 30.4. The molecule has 2 heteroatoms. The predicted octanol–water partition coefficient (Wildman–Crippen LogP) is 2.11. The maximum atomic E-state index is 10.2. The molecule has 0 bridgehead atoms. The molecule has 1 aliphatic heterocycles. The van der Waals surface area contributed by atoms with Crippen molar-refractivity contribution in [1.82, 2.24) is 0 Å². The molecule has 1 rings (SSSR count). The number of hydrogen-bond donors (Lipinski definition) is 0. The quantitative estimate of drug-likeness (QED) is 0.572. The third kappa shape index (κ3) is 1.54. The summed E-state index contributed by atoms with van der Waals surface area (Å²) in [4.78, 5) is 10.2. The number of thioether (sulfide) groups is 1. The maximum Gasteiger partial charge on any atom is 0.120 e. The number of carbonyl (C=O) groups excluding carboxylic acids is 1. The average molecular weight is 158 g/mol. The zero-order chi connectivity index (χ0) is 7.61. The molecule has 0 spiro atoms. The Balaban J connectivity index is 2.50. The highest BCUT2D eigenvalue weighted by Gasteiger charge is 2.34. The van der Waals surface area contributed by atoms with E-state index in [0.717, 1.165) is 12.7 Å². The Labute approximate surface area is 66.6 Å². The van der Waals surface area contributed by atoms with Crippen molar-refractivity contribution in [3.8, 4) is 0 Å². The smallest absolute Gasteiger partial charge is 0.120 e. The van der Waals surface area contributed by atoms with Gasteiger partial charge in [-0.25, -0.2) is 0 Å². The molecule has 0 aromatic heterocycles. The Morgan fingerprint density at radius 1 is 1.70 bits per heavy atom. The van der Waals surface area contributed by atoms with Crippen LogP contribution in [0.5, 0.6) is 0 Å². The van der Waals surface area contributed by atoms with Gasteiger partial charge >= 0.3 is 0 Å². The van der Waals surface area contributed by atoms with Crippen LogP contribution < -0.4 is 0 Å². The van der Waals surface area contributed by atoms with Gasteiger partial charge in [-0.15, -0.1) is 0 Å². The van der Waals surface area contributed by atoms with Gasteiger partial charge in [0.1, 0.15) is 6.29 Å². The summed E-state index contributed by atoms with van der Waals surface area (Å²) in [5, 5.41) is 0. The van der Waals surface area contributed by atoms with Gasteiger partial charge < -0.3 is 4.79 Å². The molecule has 1 saturated heterocycles. The third-order valence-corrected chi connectivity index (χ3v) is 3.82. The highest BCUT2D eigenvalue weighted by molar-refractivity contribution is 8.00. The van der Waals surface area contributed by atoms with Gasteiger partial charge in [-0.05, 0) is 18.1 Å². The van der Waals surface area contributed by atoms with Gasteiger partial charge in [-0.3, -0.25) is 0 Å². The summed E-state index contributed by atoms with van der Waals surface area (Å²) < 4.78 is 0.348. The summed E-state index contributed by atoms with van der Waals surface area (Å²) >= 11 is 1.99. The van der Waals surface area contributed by atoms with Crippen molar-refractivity contribution in [3.05, 3.63) is 0 Å². The van der Waals surface area contributed by atoms with E-state index in [9.17, 15) is 4.79 Å². The van der Waals surface area contributed by atoms with Crippen molar-refractivity contribution in [3.63, 3.8) is 0 Å². The van der Waals surface area contributed by atoms with Gasteiger partial charge in [-0.2, -0.15) is 11.8 Å². The monoisotopic (exact) mass is 158 g/mol. The molecule has 0 aromatic rings. The largest absolute Gasteiger partial charge is 0.303 e. The van der Waals surface area contributed by atoms with E-state index in [1.165, 1.54) is 12.2 Å². The molecule has 0 saturated carbocycles. The number of rotatable bonds is 2. The van der Waals surface area contributed by atoms with E-state index >= 15 is 0 Å². The average Bonchev–Trinajstić information content (AvgIpc) is 2.13. The van der Waals surface area contributed by atoms with Crippen LogP contribution in [0.1, 0.15) is 26.7 Å². The fourth-order valence-electron chi connectivity index (χ4n) is 1.45. The van der Waals surface area contributed by atoms with Gasteiger partial charge in [0.25, 0.3) is 0 Å². The molecule has 1 nitrogen and oxygen atoms in total. The van der Waals surface area contributed by atoms with Crippen LogP contribution in [-0.2, 0) is 4.79 Å². The van der Waals surface area contributed by atoms with Crippen molar-refractivity contribution < 1.29 is 4.79 Å². The molecule has 0 aliphatic carbocycles. The molecule has 1 aliphatic rings. The molecule has 58 valence electrons. The number of carbonyl (C=O) groups is 1. The van der Waals surface area contributed by atoms with Crippen molar-refractivity contribution >= 4 is 18.0 Å². The van der Waals surface area contributed by atoms with E-state index < -0.39 is 0 Å². The second-order valence-corrected chi connectivity index (χ2v) is 5.09. The molecule has 0 radical (unpaired) electrons. The molecular weight excluding hydrogens is 144 g/mol. The van der Waals surface area contributed by atoms with E-state index in [0.29, 0.717) is 10.7 Å². The Morgan fingerprint density at radius 2 is 2.40 bits per heavy atom. The molecule has 1 heterocycles. The minimum absolute atomic E-state index is 0.348. The fraction of sp³-hybridized carbons (Fsp3) is 0.875. The number of hydrogen-bond acceptors (Lipinski definition) is 2. The lowest BCUT2D eigenvalue weighted by Crippen LogP contribution is -2.21. The summed E-state index contributed by atoms with van der Waals surface area (Å²) in [7, 11) is 0. The van der Waals surface area contributed by atoms with Crippen molar-refractivity contribution in [1.29, 1.82) is 0 Å². The van der Waals surface area contributed by atoms with Gasteiger partial charge in [0.2, 0.25) is 0 Å².